The Morgan fingerprint density at radius 1 is 1.04 bits per heavy atom. The van der Waals surface area contributed by atoms with E-state index < -0.39 is 21.8 Å². The summed E-state index contributed by atoms with van der Waals surface area (Å²) in [5, 5.41) is 3.42. The van der Waals surface area contributed by atoms with Crippen LogP contribution in [0.4, 0.5) is 13.2 Å². The minimum atomic E-state index is -4.54. The molecule has 2 aromatic rings. The summed E-state index contributed by atoms with van der Waals surface area (Å²) >= 11 is 0. The second kappa shape index (κ2) is 6.41. The van der Waals surface area contributed by atoms with Crippen LogP contribution in [0, 0.1) is 6.92 Å². The first-order valence-corrected chi connectivity index (χ1v) is 7.96. The van der Waals surface area contributed by atoms with Gasteiger partial charge in [0, 0.05) is 5.56 Å². The molecule has 0 heterocycles. The molecule has 0 spiro atoms. The maximum Gasteiger partial charge on any atom is 0.417 e. The van der Waals surface area contributed by atoms with Crippen LogP contribution in [0.5, 0.6) is 0 Å². The second-order valence-corrected chi connectivity index (χ2v) is 6.41. The first kappa shape index (κ1) is 17.0. The highest BCUT2D eigenvalue weighted by Crippen LogP contribution is 2.31. The molecular weight excluding hydrogens is 329 g/mol. The van der Waals surface area contributed by atoms with Crippen molar-refractivity contribution in [3.63, 3.8) is 0 Å². The summed E-state index contributed by atoms with van der Waals surface area (Å²) in [4.78, 5) is 1.87. The third-order valence-electron chi connectivity index (χ3n) is 2.97. The molecule has 0 saturated heterocycles. The fraction of sp³-hybridized carbons (Fsp3) is 0.133. The van der Waals surface area contributed by atoms with Crippen molar-refractivity contribution in [1.82, 2.24) is 4.83 Å². The number of benzene rings is 2. The maximum absolute atomic E-state index is 12.8. The van der Waals surface area contributed by atoms with Crippen LogP contribution >= 0.6 is 0 Å². The Balaban J connectivity index is 2.21. The van der Waals surface area contributed by atoms with Crippen LogP contribution < -0.4 is 4.83 Å². The molecule has 2 aromatic carbocycles. The van der Waals surface area contributed by atoms with Gasteiger partial charge >= 0.3 is 6.18 Å². The Morgan fingerprint density at radius 3 is 2.26 bits per heavy atom. The highest BCUT2D eigenvalue weighted by Gasteiger charge is 2.32. The van der Waals surface area contributed by atoms with E-state index in [1.54, 1.807) is 19.1 Å². The Labute approximate surface area is 131 Å². The zero-order valence-electron chi connectivity index (χ0n) is 12.0. The van der Waals surface area contributed by atoms with Crippen LogP contribution in [-0.4, -0.2) is 14.6 Å². The topological polar surface area (TPSA) is 58.5 Å². The third kappa shape index (κ3) is 4.32. The molecule has 0 aliphatic heterocycles. The molecule has 8 heteroatoms. The van der Waals surface area contributed by atoms with E-state index in [4.69, 9.17) is 0 Å². The molecule has 0 unspecified atom stereocenters. The van der Waals surface area contributed by atoms with Gasteiger partial charge in [0.15, 0.2) is 0 Å². The Hall–Kier alpha value is -2.35. The molecule has 23 heavy (non-hydrogen) atoms. The fourth-order valence-corrected chi connectivity index (χ4v) is 2.59. The van der Waals surface area contributed by atoms with E-state index in [1.165, 1.54) is 30.3 Å². The van der Waals surface area contributed by atoms with Crippen molar-refractivity contribution in [2.45, 2.75) is 18.0 Å². The van der Waals surface area contributed by atoms with Gasteiger partial charge in [-0.2, -0.15) is 26.7 Å². The van der Waals surface area contributed by atoms with Gasteiger partial charge in [-0.3, -0.25) is 0 Å². The summed E-state index contributed by atoms with van der Waals surface area (Å²) < 4.78 is 62.4. The predicted molar refractivity (Wildman–Crippen MR) is 80.5 cm³/mol. The lowest BCUT2D eigenvalue weighted by molar-refractivity contribution is -0.137. The minimum Gasteiger partial charge on any atom is -0.200 e. The van der Waals surface area contributed by atoms with Gasteiger partial charge in [-0.15, -0.1) is 0 Å². The summed E-state index contributed by atoms with van der Waals surface area (Å²) in [7, 11) is -3.92. The van der Waals surface area contributed by atoms with Gasteiger partial charge < -0.3 is 0 Å². The molecule has 122 valence electrons. The number of nitrogens with one attached hydrogen (secondary N) is 1. The van der Waals surface area contributed by atoms with Crippen molar-refractivity contribution in [2.24, 2.45) is 5.10 Å². The molecule has 0 amide bonds. The van der Waals surface area contributed by atoms with Gasteiger partial charge in [-0.05, 0) is 25.1 Å². The van der Waals surface area contributed by atoms with Crippen molar-refractivity contribution < 1.29 is 21.6 Å². The maximum atomic E-state index is 12.8. The Morgan fingerprint density at radius 2 is 1.65 bits per heavy atom. The molecule has 0 saturated carbocycles. The van der Waals surface area contributed by atoms with Gasteiger partial charge in [0.2, 0.25) is 0 Å². The van der Waals surface area contributed by atoms with E-state index in [-0.39, 0.29) is 10.5 Å². The van der Waals surface area contributed by atoms with Crippen molar-refractivity contribution in [2.75, 3.05) is 0 Å². The van der Waals surface area contributed by atoms with Crippen molar-refractivity contribution in [3.05, 3.63) is 65.2 Å². The number of hydrazone groups is 1. The van der Waals surface area contributed by atoms with E-state index in [1.807, 2.05) is 4.83 Å². The number of hydrogen-bond donors (Lipinski definition) is 1. The number of nitrogens with zero attached hydrogens (tertiary/aromatic N) is 1. The van der Waals surface area contributed by atoms with Crippen molar-refractivity contribution >= 4 is 16.2 Å². The number of hydrogen-bond acceptors (Lipinski definition) is 3. The summed E-state index contributed by atoms with van der Waals surface area (Å²) in [6.45, 7) is 1.80. The Bertz CT molecular complexity index is 813. The summed E-state index contributed by atoms with van der Waals surface area (Å²) in [5.41, 5.74) is -0.239. The molecule has 0 radical (unpaired) electrons. The van der Waals surface area contributed by atoms with Crippen molar-refractivity contribution in [1.29, 1.82) is 0 Å². The van der Waals surface area contributed by atoms with Gasteiger partial charge in [-0.25, -0.2) is 4.83 Å². The molecule has 0 bridgehead atoms. The molecule has 1 N–H and O–H groups in total. The highest BCUT2D eigenvalue weighted by molar-refractivity contribution is 7.89. The van der Waals surface area contributed by atoms with Crippen molar-refractivity contribution in [3.8, 4) is 0 Å². The molecule has 0 aliphatic rings. The zero-order valence-corrected chi connectivity index (χ0v) is 12.8. The monoisotopic (exact) mass is 342 g/mol. The van der Waals surface area contributed by atoms with Crippen LogP contribution in [0.15, 0.2) is 58.5 Å². The average Bonchev–Trinajstić information content (AvgIpc) is 2.47. The van der Waals surface area contributed by atoms with E-state index >= 15 is 0 Å². The standard InChI is InChI=1S/C15H13F3N2O2S/c1-11-6-8-13(9-7-11)23(21,22)20-19-10-12-4-2-3-5-14(12)15(16,17)18/h2-10,20H,1H3/b19-10-. The molecule has 0 fully saturated rings. The van der Waals surface area contributed by atoms with Gasteiger partial charge in [-0.1, -0.05) is 35.9 Å². The van der Waals surface area contributed by atoms with Crippen LogP contribution in [-0.2, 0) is 16.2 Å². The minimum absolute atomic E-state index is 0.0237. The number of halogens is 3. The van der Waals surface area contributed by atoms with E-state index in [2.05, 4.69) is 5.10 Å². The molecule has 4 nitrogen and oxygen atoms in total. The SMILES string of the molecule is Cc1ccc(S(=O)(=O)N/N=C\c2ccccc2C(F)(F)F)cc1. The lowest BCUT2D eigenvalue weighted by Crippen LogP contribution is -2.18. The van der Waals surface area contributed by atoms with Gasteiger partial charge in [0.05, 0.1) is 16.7 Å². The van der Waals surface area contributed by atoms with Crippen LogP contribution in [0.25, 0.3) is 0 Å². The first-order valence-electron chi connectivity index (χ1n) is 6.48. The molecule has 0 atom stereocenters. The molecule has 2 rings (SSSR count). The largest absolute Gasteiger partial charge is 0.417 e. The lowest BCUT2D eigenvalue weighted by atomic mass is 10.1. The summed E-state index contributed by atoms with van der Waals surface area (Å²) in [6, 6.07) is 10.7. The Kier molecular flexibility index (Phi) is 4.74. The number of alkyl halides is 3. The predicted octanol–water partition coefficient (Wildman–Crippen LogP) is 3.33. The number of sulfonamides is 1. The van der Waals surface area contributed by atoms with Crippen LogP contribution in [0.1, 0.15) is 16.7 Å². The molecular formula is C15H13F3N2O2S. The second-order valence-electron chi connectivity index (χ2n) is 4.75. The molecule has 0 aromatic heterocycles. The summed E-state index contributed by atoms with van der Waals surface area (Å²) in [6.07, 6.45) is -3.72. The summed E-state index contributed by atoms with van der Waals surface area (Å²) in [5.74, 6) is 0. The number of rotatable bonds is 4. The highest BCUT2D eigenvalue weighted by atomic mass is 32.2. The van der Waals surface area contributed by atoms with E-state index in [0.717, 1.165) is 17.8 Å². The quantitative estimate of drug-likeness (QED) is 0.684. The first-order chi connectivity index (χ1) is 10.7. The number of aryl methyl sites for hydroxylation is 1. The van der Waals surface area contributed by atoms with Gasteiger partial charge in [0.25, 0.3) is 10.0 Å². The van der Waals surface area contributed by atoms with E-state index in [9.17, 15) is 21.6 Å². The average molecular weight is 342 g/mol. The van der Waals surface area contributed by atoms with E-state index in [0.29, 0.717) is 0 Å². The third-order valence-corrected chi connectivity index (χ3v) is 4.21. The normalized spacial score (nSPS) is 12.5. The van der Waals surface area contributed by atoms with Crippen LogP contribution in [0.2, 0.25) is 0 Å². The smallest absolute Gasteiger partial charge is 0.200 e. The van der Waals surface area contributed by atoms with Crippen LogP contribution in [0.3, 0.4) is 0 Å². The zero-order chi connectivity index (χ0) is 17.1. The lowest BCUT2D eigenvalue weighted by Gasteiger charge is -2.09. The molecule has 0 aliphatic carbocycles. The fourth-order valence-electron chi connectivity index (χ4n) is 1.80. The van der Waals surface area contributed by atoms with Gasteiger partial charge in [0.1, 0.15) is 0 Å².